The largest absolute Gasteiger partial charge is 0.492 e. The van der Waals surface area contributed by atoms with Crippen molar-refractivity contribution in [3.05, 3.63) is 29.0 Å². The Labute approximate surface area is 119 Å². The van der Waals surface area contributed by atoms with Gasteiger partial charge in [0.1, 0.15) is 0 Å². The summed E-state index contributed by atoms with van der Waals surface area (Å²) in [4.78, 5) is 4.44. The van der Waals surface area contributed by atoms with E-state index >= 15 is 0 Å². The highest BCUT2D eigenvalue weighted by atomic mass is 32.2. The number of hydrogen-bond donors (Lipinski definition) is 2. The van der Waals surface area contributed by atoms with Gasteiger partial charge in [-0.2, -0.15) is 0 Å². The second-order valence-electron chi connectivity index (χ2n) is 3.91. The number of sulfonamides is 1. The number of methoxy groups -OCH3 is 1. The van der Waals surface area contributed by atoms with E-state index in [-0.39, 0.29) is 21.5 Å². The molecule has 6 nitrogen and oxygen atoms in total. The van der Waals surface area contributed by atoms with E-state index in [0.29, 0.717) is 0 Å². The normalized spacial score (nSPS) is 11.3. The number of thiazole rings is 1. The molecule has 0 aliphatic rings. The molecule has 0 unspecified atom stereocenters. The first kappa shape index (κ1) is 14.5. The molecule has 9 heteroatoms. The van der Waals surface area contributed by atoms with Crippen LogP contribution in [0.2, 0.25) is 0 Å². The summed E-state index contributed by atoms with van der Waals surface area (Å²) in [5, 5.41) is 0.206. The molecular formula is C11H12FN3O3S2. The summed E-state index contributed by atoms with van der Waals surface area (Å²) in [5.41, 5.74) is 5.46. The lowest BCUT2D eigenvalue weighted by atomic mass is 10.3. The van der Waals surface area contributed by atoms with Gasteiger partial charge in [0, 0.05) is 11.1 Å². The second-order valence-corrected chi connectivity index (χ2v) is 6.83. The van der Waals surface area contributed by atoms with Crippen LogP contribution in [0, 0.1) is 12.7 Å². The van der Waals surface area contributed by atoms with Crippen molar-refractivity contribution in [3.8, 4) is 5.75 Å². The van der Waals surface area contributed by atoms with Crippen LogP contribution in [0.15, 0.2) is 23.2 Å². The Morgan fingerprint density at radius 1 is 1.45 bits per heavy atom. The number of aromatic nitrogens is 1. The lowest BCUT2D eigenvalue weighted by molar-refractivity contribution is 0.388. The summed E-state index contributed by atoms with van der Waals surface area (Å²) in [6.45, 7) is 1.79. The fourth-order valence-corrected chi connectivity index (χ4v) is 3.49. The maximum absolute atomic E-state index is 13.7. The number of anilines is 2. The molecule has 20 heavy (non-hydrogen) atoms. The van der Waals surface area contributed by atoms with Crippen LogP contribution in [0.25, 0.3) is 0 Å². The molecule has 0 amide bonds. The van der Waals surface area contributed by atoms with Gasteiger partial charge >= 0.3 is 0 Å². The molecule has 0 bridgehead atoms. The van der Waals surface area contributed by atoms with Crippen LogP contribution >= 0.6 is 11.3 Å². The number of nitrogens with one attached hydrogen (secondary N) is 1. The monoisotopic (exact) mass is 317 g/mol. The van der Waals surface area contributed by atoms with Crippen LogP contribution in [0.5, 0.6) is 5.75 Å². The van der Waals surface area contributed by atoms with Crippen molar-refractivity contribution in [2.24, 2.45) is 0 Å². The molecule has 3 N–H and O–H groups in total. The zero-order chi connectivity index (χ0) is 14.9. The Kier molecular flexibility index (Phi) is 3.82. The number of benzene rings is 1. The molecule has 1 aromatic carbocycles. The number of aryl methyl sites for hydroxylation is 1. The maximum Gasteiger partial charge on any atom is 0.263 e. The minimum absolute atomic E-state index is 0.0943. The lowest BCUT2D eigenvalue weighted by Gasteiger charge is -2.09. The summed E-state index contributed by atoms with van der Waals surface area (Å²) in [7, 11) is -2.70. The Balaban J connectivity index is 2.39. The van der Waals surface area contributed by atoms with Crippen molar-refractivity contribution >= 4 is 32.2 Å². The van der Waals surface area contributed by atoms with Gasteiger partial charge in [0.2, 0.25) is 0 Å². The zero-order valence-electron chi connectivity index (χ0n) is 10.7. The maximum atomic E-state index is 13.7. The highest BCUT2D eigenvalue weighted by molar-refractivity contribution is 7.93. The van der Waals surface area contributed by atoms with Gasteiger partial charge < -0.3 is 10.5 Å². The van der Waals surface area contributed by atoms with Crippen LogP contribution in [0.4, 0.5) is 15.2 Å². The Bertz CT molecular complexity index is 720. The number of hydrogen-bond acceptors (Lipinski definition) is 6. The lowest BCUT2D eigenvalue weighted by Crippen LogP contribution is -2.13. The molecular weight excluding hydrogens is 305 g/mol. The molecule has 1 aromatic heterocycles. The molecule has 0 spiro atoms. The predicted octanol–water partition coefficient (Wildman–Crippen LogP) is 1.98. The van der Waals surface area contributed by atoms with E-state index in [0.717, 1.165) is 17.0 Å². The van der Waals surface area contributed by atoms with E-state index in [1.807, 2.05) is 0 Å². The standard InChI is InChI=1S/C11H12FN3O3S2/c1-6-5-14-11(19-6)15-20(16,17)7-3-8(12)10(18-2)9(13)4-7/h3-5H,13H2,1-2H3,(H,14,15). The summed E-state index contributed by atoms with van der Waals surface area (Å²) in [6, 6.07) is 1.97. The molecule has 1 heterocycles. The minimum atomic E-state index is -3.95. The number of halogens is 1. The minimum Gasteiger partial charge on any atom is -0.492 e. The van der Waals surface area contributed by atoms with Gasteiger partial charge in [0.15, 0.2) is 16.7 Å². The second kappa shape index (κ2) is 5.25. The molecule has 0 aliphatic carbocycles. The number of rotatable bonds is 4. The number of nitrogen functional groups attached to an aromatic ring is 1. The third-order valence-electron chi connectivity index (χ3n) is 2.40. The van der Waals surface area contributed by atoms with Crippen LogP contribution in [-0.2, 0) is 10.0 Å². The van der Waals surface area contributed by atoms with Gasteiger partial charge in [-0.25, -0.2) is 17.8 Å². The van der Waals surface area contributed by atoms with E-state index in [1.165, 1.54) is 24.6 Å². The Hall–Kier alpha value is -1.87. The highest BCUT2D eigenvalue weighted by Crippen LogP contribution is 2.29. The molecule has 0 fully saturated rings. The predicted molar refractivity (Wildman–Crippen MR) is 75.0 cm³/mol. The average Bonchev–Trinajstić information content (AvgIpc) is 2.73. The molecule has 0 aliphatic heterocycles. The summed E-state index contributed by atoms with van der Waals surface area (Å²) < 4.78 is 44.9. The van der Waals surface area contributed by atoms with E-state index in [9.17, 15) is 12.8 Å². The van der Waals surface area contributed by atoms with Gasteiger partial charge in [0.05, 0.1) is 17.7 Å². The van der Waals surface area contributed by atoms with Crippen molar-refractivity contribution < 1.29 is 17.5 Å². The average molecular weight is 317 g/mol. The van der Waals surface area contributed by atoms with Crippen LogP contribution in [-0.4, -0.2) is 20.5 Å². The molecule has 108 valence electrons. The number of nitrogens with two attached hydrogens (primary N) is 1. The quantitative estimate of drug-likeness (QED) is 0.841. The van der Waals surface area contributed by atoms with Crippen molar-refractivity contribution in [1.29, 1.82) is 0 Å². The molecule has 2 aromatic rings. The topological polar surface area (TPSA) is 94.3 Å². The molecule has 0 saturated heterocycles. The molecule has 0 saturated carbocycles. The zero-order valence-corrected chi connectivity index (χ0v) is 12.3. The third-order valence-corrected chi connectivity index (χ3v) is 4.68. The molecule has 2 rings (SSSR count). The van der Waals surface area contributed by atoms with Crippen LogP contribution in [0.3, 0.4) is 0 Å². The van der Waals surface area contributed by atoms with Crippen LogP contribution < -0.4 is 15.2 Å². The fourth-order valence-electron chi connectivity index (χ4n) is 1.54. The van der Waals surface area contributed by atoms with Gasteiger partial charge in [0.25, 0.3) is 10.0 Å². The van der Waals surface area contributed by atoms with E-state index in [4.69, 9.17) is 10.5 Å². The smallest absolute Gasteiger partial charge is 0.263 e. The first-order valence-electron chi connectivity index (χ1n) is 5.42. The SMILES string of the molecule is COc1c(N)cc(S(=O)(=O)Nc2ncc(C)s2)cc1F. The first-order chi connectivity index (χ1) is 9.33. The molecule has 0 atom stereocenters. The summed E-state index contributed by atoms with van der Waals surface area (Å²) >= 11 is 1.17. The van der Waals surface area contributed by atoms with Crippen molar-refractivity contribution in [2.75, 3.05) is 17.6 Å². The van der Waals surface area contributed by atoms with Gasteiger partial charge in [-0.15, -0.1) is 11.3 Å². The van der Waals surface area contributed by atoms with Crippen molar-refractivity contribution in [1.82, 2.24) is 4.98 Å². The summed E-state index contributed by atoms with van der Waals surface area (Å²) in [5.74, 6) is -1.03. The van der Waals surface area contributed by atoms with E-state index in [1.54, 1.807) is 6.92 Å². The van der Waals surface area contributed by atoms with E-state index < -0.39 is 15.8 Å². The van der Waals surface area contributed by atoms with Crippen molar-refractivity contribution in [3.63, 3.8) is 0 Å². The summed E-state index contributed by atoms with van der Waals surface area (Å²) in [6.07, 6.45) is 1.53. The highest BCUT2D eigenvalue weighted by Gasteiger charge is 2.20. The van der Waals surface area contributed by atoms with Gasteiger partial charge in [-0.1, -0.05) is 0 Å². The van der Waals surface area contributed by atoms with E-state index in [2.05, 4.69) is 9.71 Å². The molecule has 0 radical (unpaired) electrons. The third kappa shape index (κ3) is 2.83. The van der Waals surface area contributed by atoms with Crippen LogP contribution in [0.1, 0.15) is 4.88 Å². The Morgan fingerprint density at radius 2 is 2.15 bits per heavy atom. The first-order valence-corrected chi connectivity index (χ1v) is 7.71. The van der Waals surface area contributed by atoms with Crippen molar-refractivity contribution in [2.45, 2.75) is 11.8 Å². The fraction of sp³-hybridized carbons (Fsp3) is 0.182. The van der Waals surface area contributed by atoms with Gasteiger partial charge in [-0.3, -0.25) is 4.72 Å². The Morgan fingerprint density at radius 3 is 2.65 bits per heavy atom. The number of nitrogens with zero attached hydrogens (tertiary/aromatic N) is 1. The number of ether oxygens (including phenoxy) is 1. The van der Waals surface area contributed by atoms with Gasteiger partial charge in [-0.05, 0) is 19.1 Å².